The van der Waals surface area contributed by atoms with Gasteiger partial charge in [0.25, 0.3) is 5.76 Å². The SMILES string of the molecule is COc1cc(/C=C/C(=O)Nc2ccccc2SC(F)F)cc2c1OCCO2. The maximum absolute atomic E-state index is 12.6. The van der Waals surface area contributed by atoms with E-state index in [4.69, 9.17) is 14.2 Å². The summed E-state index contributed by atoms with van der Waals surface area (Å²) in [5, 5.41) is 2.61. The van der Waals surface area contributed by atoms with Crippen molar-refractivity contribution in [2.45, 2.75) is 10.7 Å². The molecule has 0 fully saturated rings. The standard InChI is InChI=1S/C19H17F2NO4S/c1-24-14-10-12(11-15-18(14)26-9-8-25-15)6-7-17(23)22-13-4-2-3-5-16(13)27-19(20)21/h2-7,10-11,19H,8-9H2,1H3,(H,22,23)/b7-6+. The van der Waals surface area contributed by atoms with Gasteiger partial charge in [-0.1, -0.05) is 23.9 Å². The number of nitrogens with one attached hydrogen (secondary N) is 1. The summed E-state index contributed by atoms with van der Waals surface area (Å²) in [5.41, 5.74) is 1.01. The fraction of sp³-hybridized carbons (Fsp3) is 0.211. The molecule has 2 aromatic rings. The molecule has 3 rings (SSSR count). The van der Waals surface area contributed by atoms with Crippen molar-refractivity contribution >= 4 is 29.4 Å². The first-order valence-electron chi connectivity index (χ1n) is 8.07. The van der Waals surface area contributed by atoms with Gasteiger partial charge in [0.05, 0.1) is 12.8 Å². The second-order valence-electron chi connectivity index (χ2n) is 5.44. The van der Waals surface area contributed by atoms with E-state index >= 15 is 0 Å². The van der Waals surface area contributed by atoms with Crippen LogP contribution in [-0.4, -0.2) is 32.0 Å². The molecule has 0 aliphatic carbocycles. The fourth-order valence-electron chi connectivity index (χ4n) is 2.50. The van der Waals surface area contributed by atoms with Gasteiger partial charge in [0.1, 0.15) is 13.2 Å². The van der Waals surface area contributed by atoms with Gasteiger partial charge in [0.15, 0.2) is 11.5 Å². The molecule has 5 nitrogen and oxygen atoms in total. The summed E-state index contributed by atoms with van der Waals surface area (Å²) in [5.74, 6) is -1.43. The number of thioether (sulfide) groups is 1. The molecule has 8 heteroatoms. The number of carbonyl (C=O) groups is 1. The lowest BCUT2D eigenvalue weighted by Crippen LogP contribution is -2.16. The quantitative estimate of drug-likeness (QED) is 0.581. The number of hydrogen-bond acceptors (Lipinski definition) is 5. The molecule has 1 aliphatic rings. The number of para-hydroxylation sites is 1. The molecule has 1 amide bonds. The van der Waals surface area contributed by atoms with Crippen molar-refractivity contribution in [3.05, 3.63) is 48.0 Å². The number of benzene rings is 2. The molecule has 0 atom stereocenters. The van der Waals surface area contributed by atoms with Gasteiger partial charge in [-0.25, -0.2) is 0 Å². The number of hydrogen-bond donors (Lipinski definition) is 1. The minimum absolute atomic E-state index is 0.301. The van der Waals surface area contributed by atoms with Crippen molar-refractivity contribution in [3.8, 4) is 17.2 Å². The zero-order valence-corrected chi connectivity index (χ0v) is 15.2. The highest BCUT2D eigenvalue weighted by atomic mass is 32.2. The van der Waals surface area contributed by atoms with Crippen LogP contribution in [0, 0.1) is 0 Å². The first kappa shape index (κ1) is 19.0. The van der Waals surface area contributed by atoms with Crippen molar-refractivity contribution in [1.82, 2.24) is 0 Å². The van der Waals surface area contributed by atoms with Gasteiger partial charge < -0.3 is 19.5 Å². The molecule has 0 saturated carbocycles. The average Bonchev–Trinajstić information content (AvgIpc) is 2.67. The van der Waals surface area contributed by atoms with E-state index in [-0.39, 0.29) is 0 Å². The Labute approximate surface area is 159 Å². The third-order valence-electron chi connectivity index (χ3n) is 3.64. The summed E-state index contributed by atoms with van der Waals surface area (Å²) in [7, 11) is 1.52. The lowest BCUT2D eigenvalue weighted by atomic mass is 10.1. The molecular weight excluding hydrogens is 376 g/mol. The van der Waals surface area contributed by atoms with Gasteiger partial charge in [-0.05, 0) is 35.9 Å². The van der Waals surface area contributed by atoms with E-state index in [9.17, 15) is 13.6 Å². The number of rotatable bonds is 6. The van der Waals surface area contributed by atoms with Gasteiger partial charge in [0.2, 0.25) is 11.7 Å². The third kappa shape index (κ3) is 4.91. The Balaban J connectivity index is 1.74. The van der Waals surface area contributed by atoms with Crippen LogP contribution < -0.4 is 19.5 Å². The summed E-state index contributed by atoms with van der Waals surface area (Å²) in [6, 6.07) is 9.86. The molecule has 0 aromatic heterocycles. The molecule has 2 aromatic carbocycles. The van der Waals surface area contributed by atoms with Gasteiger partial charge in [-0.15, -0.1) is 0 Å². The largest absolute Gasteiger partial charge is 0.493 e. The van der Waals surface area contributed by atoms with Crippen molar-refractivity contribution in [1.29, 1.82) is 0 Å². The van der Waals surface area contributed by atoms with Crippen LogP contribution >= 0.6 is 11.8 Å². The number of halogens is 2. The third-order valence-corrected chi connectivity index (χ3v) is 4.43. The Morgan fingerprint density at radius 2 is 2.04 bits per heavy atom. The first-order chi connectivity index (χ1) is 13.1. The number of anilines is 1. The lowest BCUT2D eigenvalue weighted by Gasteiger charge is -2.20. The smallest absolute Gasteiger partial charge is 0.288 e. The normalized spacial score (nSPS) is 13.0. The highest BCUT2D eigenvalue weighted by Crippen LogP contribution is 2.40. The molecular formula is C19H17F2NO4S. The van der Waals surface area contributed by atoms with Crippen molar-refractivity contribution in [2.75, 3.05) is 25.6 Å². The fourth-order valence-corrected chi connectivity index (χ4v) is 3.10. The highest BCUT2D eigenvalue weighted by molar-refractivity contribution is 7.99. The molecule has 0 unspecified atom stereocenters. The molecule has 1 N–H and O–H groups in total. The summed E-state index contributed by atoms with van der Waals surface area (Å²) in [4.78, 5) is 12.5. The van der Waals surface area contributed by atoms with E-state index in [2.05, 4.69) is 5.32 Å². The van der Waals surface area contributed by atoms with Crippen LogP contribution in [0.2, 0.25) is 0 Å². The Hall–Kier alpha value is -2.74. The van der Waals surface area contributed by atoms with Crippen molar-refractivity contribution < 1.29 is 27.8 Å². The molecule has 0 bridgehead atoms. The topological polar surface area (TPSA) is 56.8 Å². The van der Waals surface area contributed by atoms with Crippen molar-refractivity contribution in [3.63, 3.8) is 0 Å². The summed E-state index contributed by atoms with van der Waals surface area (Å²) < 4.78 is 41.6. The number of alkyl halides is 2. The maximum Gasteiger partial charge on any atom is 0.288 e. The Morgan fingerprint density at radius 3 is 2.81 bits per heavy atom. The number of carbonyl (C=O) groups excluding carboxylic acids is 1. The number of amides is 1. The molecule has 0 saturated heterocycles. The Bertz CT molecular complexity index is 840. The Morgan fingerprint density at radius 1 is 1.26 bits per heavy atom. The van der Waals surface area contributed by atoms with Gasteiger partial charge in [-0.3, -0.25) is 4.79 Å². The first-order valence-corrected chi connectivity index (χ1v) is 8.95. The van der Waals surface area contributed by atoms with Crippen LogP contribution in [0.25, 0.3) is 6.08 Å². The van der Waals surface area contributed by atoms with Crippen LogP contribution in [0.4, 0.5) is 14.5 Å². The van der Waals surface area contributed by atoms with Crippen LogP contribution in [0.1, 0.15) is 5.56 Å². The number of ether oxygens (including phenoxy) is 3. The number of methoxy groups -OCH3 is 1. The van der Waals surface area contributed by atoms with Gasteiger partial charge >= 0.3 is 0 Å². The van der Waals surface area contributed by atoms with E-state index in [0.29, 0.717) is 58.4 Å². The van der Waals surface area contributed by atoms with Crippen molar-refractivity contribution in [2.24, 2.45) is 0 Å². The molecule has 0 radical (unpaired) electrons. The molecule has 1 heterocycles. The average molecular weight is 393 g/mol. The van der Waals surface area contributed by atoms with Crippen LogP contribution in [0.3, 0.4) is 0 Å². The minimum atomic E-state index is -2.57. The summed E-state index contributed by atoms with van der Waals surface area (Å²) in [6.07, 6.45) is 2.90. The molecule has 142 valence electrons. The zero-order valence-electron chi connectivity index (χ0n) is 14.4. The second-order valence-corrected chi connectivity index (χ2v) is 6.48. The number of fused-ring (bicyclic) bond motifs is 1. The van der Waals surface area contributed by atoms with E-state index < -0.39 is 11.7 Å². The lowest BCUT2D eigenvalue weighted by molar-refractivity contribution is -0.111. The Kier molecular flexibility index (Phi) is 6.18. The molecule has 27 heavy (non-hydrogen) atoms. The van der Waals surface area contributed by atoms with E-state index in [1.807, 2.05) is 0 Å². The predicted molar refractivity (Wildman–Crippen MR) is 100.0 cm³/mol. The minimum Gasteiger partial charge on any atom is -0.493 e. The molecule has 0 spiro atoms. The second kappa shape index (κ2) is 8.77. The van der Waals surface area contributed by atoms with Crippen LogP contribution in [0.15, 0.2) is 47.4 Å². The van der Waals surface area contributed by atoms with Crippen LogP contribution in [0.5, 0.6) is 17.2 Å². The predicted octanol–water partition coefficient (Wildman–Crippen LogP) is 4.43. The summed E-state index contributed by atoms with van der Waals surface area (Å²) in [6.45, 7) is 0.874. The van der Waals surface area contributed by atoms with Crippen LogP contribution in [-0.2, 0) is 4.79 Å². The monoisotopic (exact) mass is 393 g/mol. The van der Waals surface area contributed by atoms with E-state index in [1.165, 1.54) is 19.3 Å². The van der Waals surface area contributed by atoms with Gasteiger partial charge in [0, 0.05) is 11.0 Å². The van der Waals surface area contributed by atoms with E-state index in [0.717, 1.165) is 0 Å². The summed E-state index contributed by atoms with van der Waals surface area (Å²) >= 11 is 0.383. The van der Waals surface area contributed by atoms with E-state index in [1.54, 1.807) is 36.4 Å². The zero-order chi connectivity index (χ0) is 19.2. The molecule has 1 aliphatic heterocycles. The van der Waals surface area contributed by atoms with Gasteiger partial charge in [-0.2, -0.15) is 8.78 Å². The maximum atomic E-state index is 12.6. The highest BCUT2D eigenvalue weighted by Gasteiger charge is 2.18.